The van der Waals surface area contributed by atoms with Gasteiger partial charge in [0.25, 0.3) is 0 Å². The first kappa shape index (κ1) is 6.85. The van der Waals surface area contributed by atoms with Crippen LogP contribution in [0.5, 0.6) is 0 Å². The minimum atomic E-state index is 0.391. The van der Waals surface area contributed by atoms with Crippen LogP contribution in [0.3, 0.4) is 0 Å². The van der Waals surface area contributed by atoms with E-state index in [1.54, 1.807) is 11.3 Å². The van der Waals surface area contributed by atoms with Gasteiger partial charge in [-0.3, -0.25) is 0 Å². The molecule has 0 saturated heterocycles. The van der Waals surface area contributed by atoms with Crippen molar-refractivity contribution < 1.29 is 5.21 Å². The Morgan fingerprint density at radius 2 is 2.55 bits per heavy atom. The third kappa shape index (κ3) is 0.878. The summed E-state index contributed by atoms with van der Waals surface area (Å²) in [6.45, 7) is 2.09. The van der Waals surface area contributed by atoms with Gasteiger partial charge in [0.15, 0.2) is 0 Å². The van der Waals surface area contributed by atoms with Crippen LogP contribution in [0.1, 0.15) is 17.4 Å². The molecule has 0 saturated carbocycles. The normalized spacial score (nSPS) is 25.9. The standard InChI is InChI=1S/C8H9NOS/c1-5-4-6-2-3-11-8(6)7(5)9-10/h2-3,5,10H,4H2,1H3/b9-7+. The van der Waals surface area contributed by atoms with Gasteiger partial charge in [-0.25, -0.2) is 0 Å². The van der Waals surface area contributed by atoms with Crippen molar-refractivity contribution in [3.05, 3.63) is 21.9 Å². The smallest absolute Gasteiger partial charge is 0.100 e. The summed E-state index contributed by atoms with van der Waals surface area (Å²) in [5, 5.41) is 14.0. The highest BCUT2D eigenvalue weighted by Gasteiger charge is 2.26. The molecule has 1 aromatic heterocycles. The zero-order valence-electron chi connectivity index (χ0n) is 6.24. The minimum absolute atomic E-state index is 0.391. The Morgan fingerprint density at radius 1 is 1.73 bits per heavy atom. The van der Waals surface area contributed by atoms with Gasteiger partial charge in [-0.05, 0) is 23.4 Å². The lowest BCUT2D eigenvalue weighted by Crippen LogP contribution is -2.04. The Hall–Kier alpha value is -0.830. The summed E-state index contributed by atoms with van der Waals surface area (Å²) < 4.78 is 0. The van der Waals surface area contributed by atoms with Gasteiger partial charge < -0.3 is 5.21 Å². The number of thiophene rings is 1. The van der Waals surface area contributed by atoms with Gasteiger partial charge in [-0.1, -0.05) is 12.1 Å². The number of nitrogens with zero attached hydrogens (tertiary/aromatic N) is 1. The molecule has 11 heavy (non-hydrogen) atoms. The molecule has 1 heterocycles. The number of hydrogen-bond acceptors (Lipinski definition) is 3. The van der Waals surface area contributed by atoms with Crippen molar-refractivity contribution in [2.24, 2.45) is 11.1 Å². The van der Waals surface area contributed by atoms with Gasteiger partial charge >= 0.3 is 0 Å². The Balaban J connectivity index is 2.52. The summed E-state index contributed by atoms with van der Waals surface area (Å²) in [6, 6.07) is 2.11. The molecule has 1 atom stereocenters. The Labute approximate surface area is 69.2 Å². The lowest BCUT2D eigenvalue weighted by atomic mass is 10.1. The quantitative estimate of drug-likeness (QED) is 0.466. The van der Waals surface area contributed by atoms with Crippen LogP contribution in [-0.2, 0) is 6.42 Å². The topological polar surface area (TPSA) is 32.6 Å². The lowest BCUT2D eigenvalue weighted by Gasteiger charge is -1.98. The summed E-state index contributed by atoms with van der Waals surface area (Å²) >= 11 is 1.66. The van der Waals surface area contributed by atoms with Crippen LogP contribution in [0.2, 0.25) is 0 Å². The second-order valence-corrected chi connectivity index (χ2v) is 3.78. The number of fused-ring (bicyclic) bond motifs is 1. The average molecular weight is 167 g/mol. The second-order valence-electron chi connectivity index (χ2n) is 2.87. The van der Waals surface area contributed by atoms with Crippen LogP contribution in [0.15, 0.2) is 16.6 Å². The maximum atomic E-state index is 8.70. The van der Waals surface area contributed by atoms with E-state index in [-0.39, 0.29) is 0 Å². The van der Waals surface area contributed by atoms with Crippen LogP contribution >= 0.6 is 11.3 Å². The predicted octanol–water partition coefficient (Wildman–Crippen LogP) is 2.12. The van der Waals surface area contributed by atoms with Crippen molar-refractivity contribution in [1.29, 1.82) is 0 Å². The van der Waals surface area contributed by atoms with Gasteiger partial charge in [-0.2, -0.15) is 0 Å². The first-order chi connectivity index (χ1) is 5.33. The van der Waals surface area contributed by atoms with E-state index < -0.39 is 0 Å². The molecule has 0 amide bonds. The monoisotopic (exact) mass is 167 g/mol. The van der Waals surface area contributed by atoms with E-state index in [4.69, 9.17) is 5.21 Å². The molecule has 0 fully saturated rings. The van der Waals surface area contributed by atoms with E-state index in [2.05, 4.69) is 18.1 Å². The molecular weight excluding hydrogens is 158 g/mol. The zero-order chi connectivity index (χ0) is 7.84. The highest BCUT2D eigenvalue weighted by atomic mass is 32.1. The Morgan fingerprint density at radius 3 is 3.27 bits per heavy atom. The summed E-state index contributed by atoms with van der Waals surface area (Å²) in [5.41, 5.74) is 2.19. The molecule has 1 aromatic rings. The lowest BCUT2D eigenvalue weighted by molar-refractivity contribution is 0.316. The van der Waals surface area contributed by atoms with E-state index in [1.165, 1.54) is 10.4 Å². The third-order valence-electron chi connectivity index (χ3n) is 2.08. The van der Waals surface area contributed by atoms with Gasteiger partial charge in [0.1, 0.15) is 5.71 Å². The zero-order valence-corrected chi connectivity index (χ0v) is 7.06. The molecule has 0 radical (unpaired) electrons. The summed E-state index contributed by atoms with van der Waals surface area (Å²) in [6.07, 6.45) is 1.03. The molecule has 58 valence electrons. The second kappa shape index (κ2) is 2.34. The van der Waals surface area contributed by atoms with E-state index in [0.717, 1.165) is 12.1 Å². The summed E-state index contributed by atoms with van der Waals surface area (Å²) in [7, 11) is 0. The molecule has 1 aliphatic rings. The van der Waals surface area contributed by atoms with Gasteiger partial charge in [0.2, 0.25) is 0 Å². The largest absolute Gasteiger partial charge is 0.411 e. The van der Waals surface area contributed by atoms with E-state index in [9.17, 15) is 0 Å². The van der Waals surface area contributed by atoms with Gasteiger partial charge in [0, 0.05) is 5.92 Å². The fourth-order valence-corrected chi connectivity index (χ4v) is 2.55. The average Bonchev–Trinajstić information content (AvgIpc) is 2.46. The molecule has 1 aliphatic carbocycles. The van der Waals surface area contributed by atoms with Crippen molar-refractivity contribution in [3.8, 4) is 0 Å². The molecule has 1 N–H and O–H groups in total. The molecule has 0 bridgehead atoms. The molecule has 0 aliphatic heterocycles. The fourth-order valence-electron chi connectivity index (χ4n) is 1.52. The first-order valence-electron chi connectivity index (χ1n) is 3.61. The summed E-state index contributed by atoms with van der Waals surface area (Å²) in [5.74, 6) is 0.391. The van der Waals surface area contributed by atoms with Crippen molar-refractivity contribution in [2.45, 2.75) is 13.3 Å². The molecule has 2 rings (SSSR count). The minimum Gasteiger partial charge on any atom is -0.411 e. The Bertz CT molecular complexity index is 303. The van der Waals surface area contributed by atoms with Crippen molar-refractivity contribution >= 4 is 17.0 Å². The summed E-state index contributed by atoms with van der Waals surface area (Å²) in [4.78, 5) is 1.17. The fraction of sp³-hybridized carbons (Fsp3) is 0.375. The van der Waals surface area contributed by atoms with Gasteiger partial charge in [-0.15, -0.1) is 11.3 Å². The van der Waals surface area contributed by atoms with E-state index in [1.807, 2.05) is 5.38 Å². The Kier molecular flexibility index (Phi) is 1.46. The molecular formula is C8H9NOS. The molecule has 3 heteroatoms. The first-order valence-corrected chi connectivity index (χ1v) is 4.49. The highest BCUT2D eigenvalue weighted by molar-refractivity contribution is 7.12. The van der Waals surface area contributed by atoms with Crippen molar-refractivity contribution in [3.63, 3.8) is 0 Å². The van der Waals surface area contributed by atoms with E-state index in [0.29, 0.717) is 5.92 Å². The van der Waals surface area contributed by atoms with Crippen LogP contribution in [0.4, 0.5) is 0 Å². The van der Waals surface area contributed by atoms with Gasteiger partial charge in [0.05, 0.1) is 4.88 Å². The van der Waals surface area contributed by atoms with Crippen LogP contribution in [0, 0.1) is 5.92 Å². The number of oxime groups is 1. The van der Waals surface area contributed by atoms with Crippen LogP contribution in [-0.4, -0.2) is 10.9 Å². The van der Waals surface area contributed by atoms with Crippen molar-refractivity contribution in [2.75, 3.05) is 0 Å². The molecule has 2 nitrogen and oxygen atoms in total. The molecule has 0 aromatic carbocycles. The maximum Gasteiger partial charge on any atom is 0.100 e. The van der Waals surface area contributed by atoms with Crippen LogP contribution < -0.4 is 0 Å². The third-order valence-corrected chi connectivity index (χ3v) is 3.06. The number of hydrogen-bond donors (Lipinski definition) is 1. The predicted molar refractivity (Wildman–Crippen MR) is 45.5 cm³/mol. The molecule has 1 unspecified atom stereocenters. The highest BCUT2D eigenvalue weighted by Crippen LogP contribution is 2.31. The SMILES string of the molecule is CC1Cc2ccsc2/C1=N/O. The van der Waals surface area contributed by atoms with Crippen molar-refractivity contribution in [1.82, 2.24) is 0 Å². The van der Waals surface area contributed by atoms with E-state index >= 15 is 0 Å². The molecule has 0 spiro atoms. The number of rotatable bonds is 0. The van der Waals surface area contributed by atoms with Crippen LogP contribution in [0.25, 0.3) is 0 Å². The maximum absolute atomic E-state index is 8.70.